The van der Waals surface area contributed by atoms with Crippen molar-refractivity contribution < 1.29 is 9.53 Å². The normalized spacial score (nSPS) is 11.1. The number of hydrogen-bond donors (Lipinski definition) is 0. The van der Waals surface area contributed by atoms with Gasteiger partial charge in [-0.15, -0.1) is 0 Å². The van der Waals surface area contributed by atoms with Crippen molar-refractivity contribution in [2.24, 2.45) is 0 Å². The first-order valence-electron chi connectivity index (χ1n) is 5.14. The minimum absolute atomic E-state index is 0.0984. The summed E-state index contributed by atoms with van der Waals surface area (Å²) in [7, 11) is 0. The Kier molecular flexibility index (Phi) is 4.56. The molecule has 0 amide bonds. The Morgan fingerprint density at radius 3 is 2.69 bits per heavy atom. The standard InChI is InChI=1S/C13H15ClO2/c1-9(2)16-13(15)7-6-11-5-4-10(3)12(14)8-11/h4-9H,1-3H3. The average molecular weight is 239 g/mol. The second-order valence-electron chi connectivity index (χ2n) is 3.83. The predicted molar refractivity (Wildman–Crippen MR) is 66.5 cm³/mol. The van der Waals surface area contributed by atoms with Crippen LogP contribution in [0.3, 0.4) is 0 Å². The van der Waals surface area contributed by atoms with Crippen LogP contribution >= 0.6 is 11.6 Å². The van der Waals surface area contributed by atoms with Crippen LogP contribution in [0.4, 0.5) is 0 Å². The van der Waals surface area contributed by atoms with Crippen LogP contribution in [0.1, 0.15) is 25.0 Å². The SMILES string of the molecule is Cc1ccc(C=CC(=O)OC(C)C)cc1Cl. The maximum Gasteiger partial charge on any atom is 0.331 e. The summed E-state index contributed by atoms with van der Waals surface area (Å²) >= 11 is 5.96. The van der Waals surface area contributed by atoms with Gasteiger partial charge in [0.05, 0.1) is 6.10 Å². The molecule has 1 aromatic rings. The van der Waals surface area contributed by atoms with Crippen LogP contribution in [0.15, 0.2) is 24.3 Å². The van der Waals surface area contributed by atoms with E-state index in [1.807, 2.05) is 39.0 Å². The molecule has 0 atom stereocenters. The van der Waals surface area contributed by atoms with E-state index in [0.29, 0.717) is 5.02 Å². The first-order chi connectivity index (χ1) is 7.49. The molecule has 0 N–H and O–H groups in total. The molecule has 0 aliphatic carbocycles. The van der Waals surface area contributed by atoms with E-state index in [1.54, 1.807) is 6.08 Å². The minimum atomic E-state index is -0.341. The third-order valence-corrected chi connectivity index (χ3v) is 2.37. The lowest BCUT2D eigenvalue weighted by atomic mass is 10.1. The van der Waals surface area contributed by atoms with Crippen LogP contribution in [-0.4, -0.2) is 12.1 Å². The van der Waals surface area contributed by atoms with Gasteiger partial charge in [-0.05, 0) is 44.0 Å². The van der Waals surface area contributed by atoms with Gasteiger partial charge in [0.15, 0.2) is 0 Å². The van der Waals surface area contributed by atoms with Crippen molar-refractivity contribution in [1.82, 2.24) is 0 Å². The summed E-state index contributed by atoms with van der Waals surface area (Å²) in [4.78, 5) is 11.2. The third kappa shape index (κ3) is 4.07. The summed E-state index contributed by atoms with van der Waals surface area (Å²) in [6.07, 6.45) is 3.00. The molecule has 0 saturated heterocycles. The maximum atomic E-state index is 11.2. The largest absolute Gasteiger partial charge is 0.460 e. The van der Waals surface area contributed by atoms with Crippen molar-refractivity contribution in [3.8, 4) is 0 Å². The summed E-state index contributed by atoms with van der Waals surface area (Å²) in [5.41, 5.74) is 1.90. The van der Waals surface area contributed by atoms with Gasteiger partial charge in [-0.3, -0.25) is 0 Å². The lowest BCUT2D eigenvalue weighted by molar-refractivity contribution is -0.141. The molecule has 3 heteroatoms. The van der Waals surface area contributed by atoms with E-state index in [2.05, 4.69) is 0 Å². The second kappa shape index (κ2) is 5.71. The molecule has 0 aliphatic heterocycles. The van der Waals surface area contributed by atoms with Gasteiger partial charge >= 0.3 is 5.97 Å². The summed E-state index contributed by atoms with van der Waals surface area (Å²) in [6.45, 7) is 5.56. The summed E-state index contributed by atoms with van der Waals surface area (Å²) < 4.78 is 4.97. The highest BCUT2D eigenvalue weighted by atomic mass is 35.5. The average Bonchev–Trinajstić information content (AvgIpc) is 2.19. The molecule has 1 aromatic carbocycles. The number of benzene rings is 1. The number of carbonyl (C=O) groups excluding carboxylic acids is 1. The molecule has 0 fully saturated rings. The summed E-state index contributed by atoms with van der Waals surface area (Å²) in [5, 5.41) is 0.694. The first kappa shape index (κ1) is 12.8. The zero-order valence-corrected chi connectivity index (χ0v) is 10.4. The topological polar surface area (TPSA) is 26.3 Å². The van der Waals surface area contributed by atoms with Gasteiger partial charge in [-0.25, -0.2) is 4.79 Å². The van der Waals surface area contributed by atoms with Crippen molar-refractivity contribution >= 4 is 23.6 Å². The van der Waals surface area contributed by atoms with Crippen molar-refractivity contribution in [2.75, 3.05) is 0 Å². The maximum absolute atomic E-state index is 11.2. The van der Waals surface area contributed by atoms with Crippen LogP contribution in [0.5, 0.6) is 0 Å². The smallest absolute Gasteiger partial charge is 0.331 e. The van der Waals surface area contributed by atoms with E-state index < -0.39 is 0 Å². The fourth-order valence-corrected chi connectivity index (χ4v) is 1.34. The van der Waals surface area contributed by atoms with Crippen LogP contribution < -0.4 is 0 Å². The summed E-state index contributed by atoms with van der Waals surface area (Å²) in [5.74, 6) is -0.341. The molecule has 1 rings (SSSR count). The number of carbonyl (C=O) groups is 1. The molecule has 0 bridgehead atoms. The van der Waals surface area contributed by atoms with Gasteiger partial charge in [0, 0.05) is 11.1 Å². The van der Waals surface area contributed by atoms with Gasteiger partial charge < -0.3 is 4.74 Å². The van der Waals surface area contributed by atoms with Crippen molar-refractivity contribution in [3.05, 3.63) is 40.4 Å². The lowest BCUT2D eigenvalue weighted by Gasteiger charge is -2.04. The molecule has 2 nitrogen and oxygen atoms in total. The lowest BCUT2D eigenvalue weighted by Crippen LogP contribution is -2.08. The molecular formula is C13H15ClO2. The van der Waals surface area contributed by atoms with E-state index in [0.717, 1.165) is 11.1 Å². The van der Waals surface area contributed by atoms with Gasteiger partial charge in [0.1, 0.15) is 0 Å². The number of esters is 1. The zero-order valence-electron chi connectivity index (χ0n) is 9.66. The molecule has 16 heavy (non-hydrogen) atoms. The second-order valence-corrected chi connectivity index (χ2v) is 4.23. The molecule has 0 aromatic heterocycles. The highest BCUT2D eigenvalue weighted by Crippen LogP contribution is 2.17. The highest BCUT2D eigenvalue weighted by molar-refractivity contribution is 6.31. The number of rotatable bonds is 3. The molecule has 0 unspecified atom stereocenters. The molecule has 0 radical (unpaired) electrons. The Hall–Kier alpha value is -1.28. The van der Waals surface area contributed by atoms with E-state index in [9.17, 15) is 4.79 Å². The van der Waals surface area contributed by atoms with Crippen LogP contribution in [0.25, 0.3) is 6.08 Å². The van der Waals surface area contributed by atoms with E-state index in [-0.39, 0.29) is 12.1 Å². The molecule has 0 spiro atoms. The quantitative estimate of drug-likeness (QED) is 0.594. The zero-order chi connectivity index (χ0) is 12.1. The van der Waals surface area contributed by atoms with E-state index in [4.69, 9.17) is 16.3 Å². The number of hydrogen-bond acceptors (Lipinski definition) is 2. The van der Waals surface area contributed by atoms with Crippen molar-refractivity contribution in [3.63, 3.8) is 0 Å². The summed E-state index contributed by atoms with van der Waals surface area (Å²) in [6, 6.07) is 5.63. The predicted octanol–water partition coefficient (Wildman–Crippen LogP) is 3.61. The number of ether oxygens (including phenoxy) is 1. The number of halogens is 1. The first-order valence-corrected chi connectivity index (χ1v) is 5.51. The Morgan fingerprint density at radius 2 is 2.12 bits per heavy atom. The van der Waals surface area contributed by atoms with Crippen LogP contribution in [0, 0.1) is 6.92 Å². The Labute approximate surface area is 101 Å². The van der Waals surface area contributed by atoms with E-state index in [1.165, 1.54) is 6.08 Å². The minimum Gasteiger partial charge on any atom is -0.460 e. The fourth-order valence-electron chi connectivity index (χ4n) is 1.15. The third-order valence-electron chi connectivity index (χ3n) is 1.96. The fraction of sp³-hybridized carbons (Fsp3) is 0.308. The Bertz CT molecular complexity index is 408. The molecule has 86 valence electrons. The van der Waals surface area contributed by atoms with Gasteiger partial charge in [0.25, 0.3) is 0 Å². The van der Waals surface area contributed by atoms with Crippen molar-refractivity contribution in [1.29, 1.82) is 0 Å². The molecule has 0 saturated carbocycles. The van der Waals surface area contributed by atoms with Crippen LogP contribution in [-0.2, 0) is 9.53 Å². The van der Waals surface area contributed by atoms with Gasteiger partial charge in [-0.1, -0.05) is 23.7 Å². The van der Waals surface area contributed by atoms with Crippen LogP contribution in [0.2, 0.25) is 5.02 Å². The monoisotopic (exact) mass is 238 g/mol. The molecule has 0 aliphatic rings. The molecular weight excluding hydrogens is 224 g/mol. The molecule has 0 heterocycles. The Balaban J connectivity index is 2.69. The Morgan fingerprint density at radius 1 is 1.44 bits per heavy atom. The van der Waals surface area contributed by atoms with E-state index >= 15 is 0 Å². The van der Waals surface area contributed by atoms with Gasteiger partial charge in [0.2, 0.25) is 0 Å². The van der Waals surface area contributed by atoms with Crippen molar-refractivity contribution in [2.45, 2.75) is 26.9 Å². The number of aryl methyl sites for hydroxylation is 1. The van der Waals surface area contributed by atoms with Gasteiger partial charge in [-0.2, -0.15) is 0 Å². The highest BCUT2D eigenvalue weighted by Gasteiger charge is 2.00.